The lowest BCUT2D eigenvalue weighted by molar-refractivity contribution is 0.121. The second-order valence-corrected chi connectivity index (χ2v) is 8.57. The summed E-state index contributed by atoms with van der Waals surface area (Å²) in [5.74, 6) is 0.720. The van der Waals surface area contributed by atoms with E-state index in [2.05, 4.69) is 39.1 Å². The van der Waals surface area contributed by atoms with Crippen molar-refractivity contribution in [2.24, 2.45) is 0 Å². The number of aromatic nitrogens is 4. The highest BCUT2D eigenvalue weighted by Crippen LogP contribution is 2.43. The van der Waals surface area contributed by atoms with E-state index in [1.165, 1.54) is 0 Å². The number of likely N-dealkylation sites (tertiary alicyclic amines) is 1. The van der Waals surface area contributed by atoms with E-state index >= 15 is 0 Å². The van der Waals surface area contributed by atoms with Gasteiger partial charge in [0, 0.05) is 49.9 Å². The molecule has 1 unspecified atom stereocenters. The predicted molar refractivity (Wildman–Crippen MR) is 110 cm³/mol. The van der Waals surface area contributed by atoms with Crippen LogP contribution in [0.1, 0.15) is 43.1 Å². The molecule has 156 valence electrons. The first-order valence-corrected chi connectivity index (χ1v) is 10.9. The third-order valence-corrected chi connectivity index (χ3v) is 6.73. The smallest absolute Gasteiger partial charge is 0.255 e. The Kier molecular flexibility index (Phi) is 4.91. The van der Waals surface area contributed by atoms with Gasteiger partial charge < -0.3 is 9.64 Å². The van der Waals surface area contributed by atoms with E-state index < -0.39 is 0 Å². The van der Waals surface area contributed by atoms with Crippen LogP contribution in [-0.2, 0) is 29.7 Å². The molecular weight excluding hydrogens is 368 g/mol. The van der Waals surface area contributed by atoms with Crippen molar-refractivity contribution in [1.29, 1.82) is 0 Å². The molecule has 0 radical (unpaired) electrons. The van der Waals surface area contributed by atoms with Crippen LogP contribution in [0.15, 0.2) is 17.1 Å². The first-order chi connectivity index (χ1) is 14.2. The van der Waals surface area contributed by atoms with Crippen molar-refractivity contribution < 1.29 is 4.74 Å². The summed E-state index contributed by atoms with van der Waals surface area (Å²) < 4.78 is 7.44. The number of hydrogen-bond acceptors (Lipinski definition) is 6. The van der Waals surface area contributed by atoms with E-state index in [4.69, 9.17) is 9.72 Å². The van der Waals surface area contributed by atoms with Gasteiger partial charge in [0.15, 0.2) is 0 Å². The van der Waals surface area contributed by atoms with Gasteiger partial charge >= 0.3 is 0 Å². The second-order valence-electron chi connectivity index (χ2n) is 8.57. The van der Waals surface area contributed by atoms with Crippen LogP contribution in [0.2, 0.25) is 0 Å². The Bertz CT molecular complexity index is 931. The zero-order valence-corrected chi connectivity index (χ0v) is 17.2. The molecule has 8 heteroatoms. The molecular formula is C21H30N6O2. The van der Waals surface area contributed by atoms with Gasteiger partial charge in [-0.1, -0.05) is 0 Å². The first-order valence-electron chi connectivity index (χ1n) is 10.9. The molecule has 0 aromatic carbocycles. The fourth-order valence-electron chi connectivity index (χ4n) is 5.22. The van der Waals surface area contributed by atoms with Crippen molar-refractivity contribution in [1.82, 2.24) is 24.6 Å². The van der Waals surface area contributed by atoms with Crippen molar-refractivity contribution >= 4 is 5.95 Å². The number of fused-ring (bicyclic) bond motifs is 2. The number of aromatic amines is 1. The molecule has 1 aliphatic carbocycles. The van der Waals surface area contributed by atoms with Crippen LogP contribution in [0.5, 0.6) is 0 Å². The van der Waals surface area contributed by atoms with Crippen LogP contribution in [-0.4, -0.2) is 64.0 Å². The van der Waals surface area contributed by atoms with E-state index in [1.807, 2.05) is 4.68 Å². The van der Waals surface area contributed by atoms with E-state index in [0.717, 1.165) is 87.9 Å². The molecule has 2 aromatic rings. The van der Waals surface area contributed by atoms with Crippen LogP contribution in [0, 0.1) is 0 Å². The summed E-state index contributed by atoms with van der Waals surface area (Å²) in [5.41, 5.74) is 3.11. The minimum absolute atomic E-state index is 0.00377. The number of nitrogens with one attached hydrogen (secondary N) is 1. The molecule has 1 N–H and O–H groups in total. The lowest BCUT2D eigenvalue weighted by Crippen LogP contribution is -2.45. The number of H-pyrrole nitrogens is 1. The van der Waals surface area contributed by atoms with Gasteiger partial charge in [0.05, 0.1) is 24.6 Å². The molecule has 29 heavy (non-hydrogen) atoms. The van der Waals surface area contributed by atoms with Crippen LogP contribution in [0.3, 0.4) is 0 Å². The van der Waals surface area contributed by atoms with Crippen molar-refractivity contribution in [2.75, 3.05) is 44.3 Å². The molecule has 1 spiro atoms. The van der Waals surface area contributed by atoms with E-state index in [1.54, 1.807) is 0 Å². The van der Waals surface area contributed by atoms with Crippen molar-refractivity contribution in [3.05, 3.63) is 39.6 Å². The summed E-state index contributed by atoms with van der Waals surface area (Å²) in [6, 6.07) is 2.12. The fourth-order valence-corrected chi connectivity index (χ4v) is 5.22. The number of rotatable bonds is 4. The molecule has 8 nitrogen and oxygen atoms in total. The summed E-state index contributed by atoms with van der Waals surface area (Å²) in [6.07, 6.45) is 6.15. The van der Waals surface area contributed by atoms with Crippen LogP contribution < -0.4 is 10.5 Å². The average Bonchev–Trinajstić information content (AvgIpc) is 3.34. The summed E-state index contributed by atoms with van der Waals surface area (Å²) in [6.45, 7) is 8.83. The topological polar surface area (TPSA) is 79.3 Å². The van der Waals surface area contributed by atoms with Crippen LogP contribution in [0.25, 0.3) is 0 Å². The van der Waals surface area contributed by atoms with Crippen LogP contribution >= 0.6 is 0 Å². The minimum Gasteiger partial charge on any atom is -0.378 e. The van der Waals surface area contributed by atoms with Gasteiger partial charge in [-0.2, -0.15) is 5.10 Å². The second kappa shape index (κ2) is 7.57. The Balaban J connectivity index is 1.41. The minimum atomic E-state index is -0.00377. The third-order valence-electron chi connectivity index (χ3n) is 6.73. The van der Waals surface area contributed by atoms with Gasteiger partial charge in [-0.25, -0.2) is 4.98 Å². The number of anilines is 1. The Labute approximate surface area is 170 Å². The molecule has 2 saturated heterocycles. The van der Waals surface area contributed by atoms with E-state index in [-0.39, 0.29) is 11.0 Å². The predicted octanol–water partition coefficient (Wildman–Crippen LogP) is 1.30. The standard InChI is InChI=1S/C21H30N6O2/c1-2-27-9-5-16(24-27)14-25-8-3-6-21(15-25)7-4-17-18(21)22-20(23-19(17)28)26-10-12-29-13-11-26/h5,9H,2-4,6-8,10-15H2,1H3,(H,22,23,28). The van der Waals surface area contributed by atoms with Gasteiger partial charge in [-0.15, -0.1) is 0 Å². The molecule has 5 rings (SSSR count). The summed E-state index contributed by atoms with van der Waals surface area (Å²) in [7, 11) is 0. The molecule has 2 fully saturated rings. The quantitative estimate of drug-likeness (QED) is 0.836. The monoisotopic (exact) mass is 398 g/mol. The average molecular weight is 399 g/mol. The van der Waals surface area contributed by atoms with Gasteiger partial charge in [0.25, 0.3) is 5.56 Å². The maximum Gasteiger partial charge on any atom is 0.255 e. The molecule has 1 atom stereocenters. The van der Waals surface area contributed by atoms with Gasteiger partial charge in [-0.3, -0.25) is 19.4 Å². The highest BCUT2D eigenvalue weighted by atomic mass is 16.5. The number of piperidine rings is 1. The molecule has 0 saturated carbocycles. The van der Waals surface area contributed by atoms with Gasteiger partial charge in [0.1, 0.15) is 0 Å². The number of aryl methyl sites for hydroxylation is 1. The lowest BCUT2D eigenvalue weighted by Gasteiger charge is -2.40. The number of nitrogens with zero attached hydrogens (tertiary/aromatic N) is 5. The third kappa shape index (κ3) is 3.48. The van der Waals surface area contributed by atoms with Gasteiger partial charge in [-0.05, 0) is 45.2 Å². The molecule has 0 bridgehead atoms. The van der Waals surface area contributed by atoms with Crippen molar-refractivity contribution in [3.63, 3.8) is 0 Å². The molecule has 2 aliphatic heterocycles. The maximum atomic E-state index is 12.8. The van der Waals surface area contributed by atoms with Gasteiger partial charge in [0.2, 0.25) is 5.95 Å². The SMILES string of the molecule is CCn1ccc(CN2CCCC3(CCc4c3nc(N3CCOCC3)[nH]c4=O)C2)n1. The zero-order valence-electron chi connectivity index (χ0n) is 17.2. The number of hydrogen-bond donors (Lipinski definition) is 1. The summed E-state index contributed by atoms with van der Waals surface area (Å²) in [5, 5.41) is 4.66. The first kappa shape index (κ1) is 18.8. The molecule has 4 heterocycles. The van der Waals surface area contributed by atoms with Crippen molar-refractivity contribution in [2.45, 2.75) is 51.1 Å². The zero-order chi connectivity index (χ0) is 19.8. The highest BCUT2D eigenvalue weighted by molar-refractivity contribution is 5.40. The Morgan fingerprint density at radius 3 is 2.90 bits per heavy atom. The normalized spacial score (nSPS) is 24.9. The number of morpholine rings is 1. The van der Waals surface area contributed by atoms with E-state index in [0.29, 0.717) is 13.2 Å². The fraction of sp³-hybridized carbons (Fsp3) is 0.667. The van der Waals surface area contributed by atoms with Crippen LogP contribution in [0.4, 0.5) is 5.95 Å². The summed E-state index contributed by atoms with van der Waals surface area (Å²) in [4.78, 5) is 25.6. The number of ether oxygens (including phenoxy) is 1. The highest BCUT2D eigenvalue weighted by Gasteiger charge is 2.45. The Morgan fingerprint density at radius 2 is 2.10 bits per heavy atom. The Morgan fingerprint density at radius 1 is 1.24 bits per heavy atom. The van der Waals surface area contributed by atoms with E-state index in [9.17, 15) is 4.79 Å². The maximum absolute atomic E-state index is 12.8. The molecule has 3 aliphatic rings. The lowest BCUT2D eigenvalue weighted by atomic mass is 9.77. The largest absolute Gasteiger partial charge is 0.378 e. The molecule has 2 aromatic heterocycles. The van der Waals surface area contributed by atoms with Crippen molar-refractivity contribution in [3.8, 4) is 0 Å². The summed E-state index contributed by atoms with van der Waals surface area (Å²) >= 11 is 0. The molecule has 0 amide bonds. The Hall–Kier alpha value is -2.19.